The van der Waals surface area contributed by atoms with Crippen LogP contribution in [-0.2, 0) is 33.6 Å². The number of benzene rings is 5. The molecule has 0 heterocycles. The van der Waals surface area contributed by atoms with Crippen LogP contribution < -0.4 is 9.47 Å². The minimum Gasteiger partial charge on any atom is -0.494 e. The Morgan fingerprint density at radius 3 is 2.04 bits per heavy atom. The van der Waals surface area contributed by atoms with Crippen molar-refractivity contribution in [1.29, 1.82) is 0 Å². The van der Waals surface area contributed by atoms with E-state index in [1.165, 1.54) is 12.2 Å². The second-order valence-electron chi connectivity index (χ2n) is 13.0. The van der Waals surface area contributed by atoms with Crippen LogP contribution >= 0.6 is 0 Å². The first-order valence-corrected chi connectivity index (χ1v) is 17.9. The largest absolute Gasteiger partial charge is 0.494 e. The molecular weight excluding hydrogens is 648 g/mol. The molecular formula is C46H46O6. The topological polar surface area (TPSA) is 78.9 Å². The summed E-state index contributed by atoms with van der Waals surface area (Å²) in [5.74, 6) is 0.507. The summed E-state index contributed by atoms with van der Waals surface area (Å²) < 4.78 is 16.8. The van der Waals surface area contributed by atoms with Crippen molar-refractivity contribution in [3.8, 4) is 11.5 Å². The van der Waals surface area contributed by atoms with E-state index in [-0.39, 0.29) is 11.8 Å². The fourth-order valence-corrected chi connectivity index (χ4v) is 6.16. The van der Waals surface area contributed by atoms with Crippen LogP contribution in [0.25, 0.3) is 27.1 Å². The molecule has 6 heteroatoms. The van der Waals surface area contributed by atoms with Gasteiger partial charge in [0.25, 0.3) is 0 Å². The van der Waals surface area contributed by atoms with Crippen molar-refractivity contribution in [2.45, 2.75) is 58.3 Å². The standard InChI is InChI=1S/C46H46O6/c1-5-12-35-31-44(22-20-36(35)25-32(4)34-15-16-37-26-33(27-42(47)6-2)13-14-38(37)28-34)52-46(49)41-18-17-40-30-43(21-19-39(40)29-41)50-23-10-8-9-11-24-51-45(48)7-3/h6-7,13-22,26,28-31H,2-5,8-12,23-25,27H2,1H3. The number of unbranched alkanes of at least 4 members (excludes halogenated alkanes) is 3. The van der Waals surface area contributed by atoms with Crippen molar-refractivity contribution < 1.29 is 28.6 Å². The van der Waals surface area contributed by atoms with E-state index in [9.17, 15) is 14.4 Å². The summed E-state index contributed by atoms with van der Waals surface area (Å²) in [5.41, 5.74) is 5.79. The molecule has 0 aliphatic carbocycles. The van der Waals surface area contributed by atoms with Gasteiger partial charge in [-0.1, -0.05) is 81.6 Å². The molecule has 266 valence electrons. The van der Waals surface area contributed by atoms with E-state index in [1.54, 1.807) is 6.07 Å². The maximum atomic E-state index is 13.2. The molecule has 5 aromatic carbocycles. The van der Waals surface area contributed by atoms with E-state index in [0.29, 0.717) is 37.4 Å². The third-order valence-corrected chi connectivity index (χ3v) is 9.00. The lowest BCUT2D eigenvalue weighted by Gasteiger charge is -2.14. The Hall–Kier alpha value is -5.75. The third kappa shape index (κ3) is 10.4. The van der Waals surface area contributed by atoms with Gasteiger partial charge in [0, 0.05) is 12.5 Å². The molecule has 0 aliphatic heterocycles. The van der Waals surface area contributed by atoms with Gasteiger partial charge in [0.1, 0.15) is 11.5 Å². The monoisotopic (exact) mass is 694 g/mol. The number of ketones is 1. The van der Waals surface area contributed by atoms with Crippen LogP contribution in [0.3, 0.4) is 0 Å². The summed E-state index contributed by atoms with van der Waals surface area (Å²) in [6.07, 6.45) is 9.03. The Morgan fingerprint density at radius 1 is 0.635 bits per heavy atom. The number of esters is 2. The molecule has 0 saturated carbocycles. The Kier molecular flexibility index (Phi) is 13.3. The van der Waals surface area contributed by atoms with Crippen LogP contribution in [0.1, 0.15) is 71.6 Å². The Balaban J connectivity index is 1.17. The molecule has 0 fully saturated rings. The highest BCUT2D eigenvalue weighted by atomic mass is 16.5. The van der Waals surface area contributed by atoms with Gasteiger partial charge in [0.05, 0.1) is 18.8 Å². The van der Waals surface area contributed by atoms with E-state index in [0.717, 1.165) is 93.6 Å². The number of fused-ring (bicyclic) bond motifs is 2. The van der Waals surface area contributed by atoms with Gasteiger partial charge in [-0.15, -0.1) is 0 Å². The van der Waals surface area contributed by atoms with Crippen LogP contribution in [0.4, 0.5) is 0 Å². The lowest BCUT2D eigenvalue weighted by molar-refractivity contribution is -0.137. The summed E-state index contributed by atoms with van der Waals surface area (Å²) in [6, 6.07) is 29.6. The molecule has 0 spiro atoms. The Labute approximate surface area is 306 Å². The first-order chi connectivity index (χ1) is 25.3. The number of carbonyl (C=O) groups excluding carboxylic acids is 3. The highest BCUT2D eigenvalue weighted by Gasteiger charge is 2.14. The minimum absolute atomic E-state index is 0.00534. The van der Waals surface area contributed by atoms with Crippen LogP contribution in [-0.4, -0.2) is 30.9 Å². The van der Waals surface area contributed by atoms with Crippen LogP contribution in [0.5, 0.6) is 11.5 Å². The molecule has 0 N–H and O–H groups in total. The highest BCUT2D eigenvalue weighted by Crippen LogP contribution is 2.29. The zero-order chi connectivity index (χ0) is 36.9. The minimum atomic E-state index is -0.408. The molecule has 0 bridgehead atoms. The highest BCUT2D eigenvalue weighted by molar-refractivity contribution is 5.97. The van der Waals surface area contributed by atoms with E-state index in [1.807, 2.05) is 60.7 Å². The molecule has 5 aromatic rings. The fourth-order valence-electron chi connectivity index (χ4n) is 6.16. The number of allylic oxidation sites excluding steroid dienone is 2. The van der Waals surface area contributed by atoms with Gasteiger partial charge in [-0.3, -0.25) is 4.79 Å². The second kappa shape index (κ2) is 18.5. The smallest absolute Gasteiger partial charge is 0.343 e. The Morgan fingerprint density at radius 2 is 1.29 bits per heavy atom. The number of aryl methyl sites for hydroxylation is 1. The average Bonchev–Trinajstić information content (AvgIpc) is 3.16. The van der Waals surface area contributed by atoms with Gasteiger partial charge in [-0.25, -0.2) is 9.59 Å². The zero-order valence-corrected chi connectivity index (χ0v) is 30.0. The molecule has 0 unspecified atom stereocenters. The van der Waals surface area contributed by atoms with Gasteiger partial charge >= 0.3 is 11.9 Å². The molecule has 6 nitrogen and oxygen atoms in total. The maximum absolute atomic E-state index is 13.2. The number of rotatable bonds is 19. The fraction of sp³-hybridized carbons (Fsp3) is 0.239. The molecule has 0 radical (unpaired) electrons. The number of hydrogen-bond acceptors (Lipinski definition) is 6. The number of hydrogen-bond donors (Lipinski definition) is 0. The van der Waals surface area contributed by atoms with Gasteiger partial charge in [0.15, 0.2) is 5.78 Å². The lowest BCUT2D eigenvalue weighted by atomic mass is 9.93. The van der Waals surface area contributed by atoms with Gasteiger partial charge in [0.2, 0.25) is 0 Å². The van der Waals surface area contributed by atoms with E-state index in [2.05, 4.69) is 50.9 Å². The number of carbonyl (C=O) groups is 3. The quantitative estimate of drug-likeness (QED) is 0.0371. The molecule has 52 heavy (non-hydrogen) atoms. The van der Waals surface area contributed by atoms with E-state index < -0.39 is 5.97 Å². The third-order valence-electron chi connectivity index (χ3n) is 9.00. The predicted octanol–water partition coefficient (Wildman–Crippen LogP) is 10.4. The van der Waals surface area contributed by atoms with Crippen molar-refractivity contribution in [3.63, 3.8) is 0 Å². The number of ether oxygens (including phenoxy) is 3. The second-order valence-corrected chi connectivity index (χ2v) is 13.0. The summed E-state index contributed by atoms with van der Waals surface area (Å²) in [5, 5.41) is 4.07. The average molecular weight is 695 g/mol. The lowest BCUT2D eigenvalue weighted by Crippen LogP contribution is -2.09. The van der Waals surface area contributed by atoms with Crippen LogP contribution in [0.15, 0.2) is 123 Å². The molecule has 0 amide bonds. The molecule has 0 aromatic heterocycles. The molecule has 0 aliphatic rings. The first-order valence-electron chi connectivity index (χ1n) is 17.9. The summed E-state index contributed by atoms with van der Waals surface area (Å²) in [7, 11) is 0. The van der Waals surface area contributed by atoms with Crippen LogP contribution in [0, 0.1) is 0 Å². The first kappa shape index (κ1) is 37.5. The van der Waals surface area contributed by atoms with Crippen molar-refractivity contribution in [1.82, 2.24) is 0 Å². The summed E-state index contributed by atoms with van der Waals surface area (Å²) >= 11 is 0. The maximum Gasteiger partial charge on any atom is 0.343 e. The molecule has 0 atom stereocenters. The van der Waals surface area contributed by atoms with Crippen molar-refractivity contribution in [2.24, 2.45) is 0 Å². The normalized spacial score (nSPS) is 10.9. The summed E-state index contributed by atoms with van der Waals surface area (Å²) in [6.45, 7) is 14.5. The predicted molar refractivity (Wildman–Crippen MR) is 210 cm³/mol. The van der Waals surface area contributed by atoms with Crippen molar-refractivity contribution in [2.75, 3.05) is 13.2 Å². The summed E-state index contributed by atoms with van der Waals surface area (Å²) in [4.78, 5) is 36.1. The van der Waals surface area contributed by atoms with Crippen molar-refractivity contribution in [3.05, 3.63) is 151 Å². The Bertz CT molecular complexity index is 2110. The van der Waals surface area contributed by atoms with E-state index in [4.69, 9.17) is 14.2 Å². The zero-order valence-electron chi connectivity index (χ0n) is 30.0. The van der Waals surface area contributed by atoms with Gasteiger partial charge in [-0.05, 0) is 136 Å². The molecule has 5 rings (SSSR count). The SMILES string of the molecule is C=CC(=O)Cc1ccc2cc(C(=C)Cc3ccc(OC(=O)c4ccc5cc(OCCCCCCOC(=O)C=C)ccc5c4)cc3CCC)ccc2c1. The van der Waals surface area contributed by atoms with E-state index >= 15 is 0 Å². The molecule has 0 saturated heterocycles. The van der Waals surface area contributed by atoms with Gasteiger partial charge in [-0.2, -0.15) is 0 Å². The van der Waals surface area contributed by atoms with Crippen molar-refractivity contribution >= 4 is 44.8 Å². The van der Waals surface area contributed by atoms with Crippen LogP contribution in [0.2, 0.25) is 0 Å². The van der Waals surface area contributed by atoms with Gasteiger partial charge < -0.3 is 14.2 Å².